The molecule has 0 saturated carbocycles. The highest BCUT2D eigenvalue weighted by atomic mass is 16.5. The van der Waals surface area contributed by atoms with Crippen LogP contribution in [-0.2, 0) is 21.6 Å². The molecule has 35 heavy (non-hydrogen) atoms. The normalized spacial score (nSPS) is 22.3. The first-order chi connectivity index (χ1) is 16.8. The van der Waals surface area contributed by atoms with Crippen LogP contribution < -0.4 is 15.4 Å². The Bertz CT molecular complexity index is 1310. The van der Waals surface area contributed by atoms with Crippen molar-refractivity contribution in [3.63, 3.8) is 0 Å². The van der Waals surface area contributed by atoms with Gasteiger partial charge in [0.25, 0.3) is 5.91 Å². The lowest BCUT2D eigenvalue weighted by Gasteiger charge is -2.40. The van der Waals surface area contributed by atoms with Gasteiger partial charge in [-0.1, -0.05) is 30.3 Å². The number of fused-ring (bicyclic) bond motifs is 1. The highest BCUT2D eigenvalue weighted by molar-refractivity contribution is 6.04. The van der Waals surface area contributed by atoms with Crippen molar-refractivity contribution < 1.29 is 19.1 Å². The number of amides is 4. The second-order valence-electron chi connectivity index (χ2n) is 9.46. The number of aryl methyl sites for hydroxylation is 1. The van der Waals surface area contributed by atoms with E-state index in [1.807, 2.05) is 68.4 Å². The third kappa shape index (κ3) is 4.43. The van der Waals surface area contributed by atoms with Gasteiger partial charge in [0, 0.05) is 29.7 Å². The van der Waals surface area contributed by atoms with E-state index >= 15 is 0 Å². The van der Waals surface area contributed by atoms with E-state index in [4.69, 9.17) is 4.74 Å². The van der Waals surface area contributed by atoms with Gasteiger partial charge in [-0.05, 0) is 56.5 Å². The predicted molar refractivity (Wildman–Crippen MR) is 131 cm³/mol. The quantitative estimate of drug-likeness (QED) is 0.537. The lowest BCUT2D eigenvalue weighted by atomic mass is 9.75. The molecule has 2 N–H and O–H groups in total. The summed E-state index contributed by atoms with van der Waals surface area (Å²) in [6, 6.07) is 16.5. The molecule has 3 aromatic rings. The molecule has 0 bridgehead atoms. The Kier molecular flexibility index (Phi) is 5.88. The Labute approximate surface area is 203 Å². The van der Waals surface area contributed by atoms with E-state index < -0.39 is 23.4 Å². The Balaban J connectivity index is 1.29. The number of imide groups is 1. The minimum atomic E-state index is -0.711. The van der Waals surface area contributed by atoms with Crippen molar-refractivity contribution in [1.82, 2.24) is 20.5 Å². The fraction of sp³-hybridized carbons (Fsp3) is 0.333. The van der Waals surface area contributed by atoms with Crippen molar-refractivity contribution in [3.8, 4) is 5.75 Å². The van der Waals surface area contributed by atoms with Gasteiger partial charge in [-0.2, -0.15) is 0 Å². The van der Waals surface area contributed by atoms with Crippen molar-refractivity contribution in [2.45, 2.75) is 44.8 Å². The number of ether oxygens (including phenoxy) is 1. The van der Waals surface area contributed by atoms with E-state index in [0.29, 0.717) is 19.6 Å². The molecule has 2 aliphatic rings. The summed E-state index contributed by atoms with van der Waals surface area (Å²) < 4.78 is 6.08. The molecule has 2 aliphatic heterocycles. The molecule has 8 nitrogen and oxygen atoms in total. The second-order valence-corrected chi connectivity index (χ2v) is 9.46. The number of rotatable bonds is 6. The molecule has 0 spiro atoms. The van der Waals surface area contributed by atoms with E-state index in [1.54, 1.807) is 4.90 Å². The van der Waals surface area contributed by atoms with Crippen LogP contribution in [-0.4, -0.2) is 46.9 Å². The first-order valence-corrected chi connectivity index (χ1v) is 11.8. The molecule has 2 fully saturated rings. The first kappa shape index (κ1) is 22.8. The molecule has 2 saturated heterocycles. The van der Waals surface area contributed by atoms with E-state index in [2.05, 4.69) is 15.6 Å². The highest BCUT2D eigenvalue weighted by Gasteiger charge is 2.43. The van der Waals surface area contributed by atoms with E-state index in [9.17, 15) is 14.4 Å². The maximum atomic E-state index is 13.4. The zero-order valence-corrected chi connectivity index (χ0v) is 19.8. The number of pyridine rings is 1. The molecule has 180 valence electrons. The maximum Gasteiger partial charge on any atom is 0.322 e. The number of piperidine rings is 1. The van der Waals surface area contributed by atoms with E-state index in [0.717, 1.165) is 39.9 Å². The third-order valence-electron chi connectivity index (χ3n) is 6.94. The fourth-order valence-electron chi connectivity index (χ4n) is 5.03. The van der Waals surface area contributed by atoms with Crippen LogP contribution in [0.15, 0.2) is 54.6 Å². The van der Waals surface area contributed by atoms with Crippen molar-refractivity contribution in [1.29, 1.82) is 0 Å². The lowest BCUT2D eigenvalue weighted by Crippen LogP contribution is -2.54. The molecule has 3 heterocycles. The van der Waals surface area contributed by atoms with Gasteiger partial charge in [-0.15, -0.1) is 0 Å². The molecule has 2 aromatic carbocycles. The summed E-state index contributed by atoms with van der Waals surface area (Å²) in [7, 11) is 0. The largest absolute Gasteiger partial charge is 0.489 e. The average molecular weight is 473 g/mol. The van der Waals surface area contributed by atoms with Crippen LogP contribution in [0.4, 0.5) is 4.79 Å². The summed E-state index contributed by atoms with van der Waals surface area (Å²) in [5.41, 5.74) is 3.17. The minimum Gasteiger partial charge on any atom is -0.489 e. The molecule has 2 atom stereocenters. The molecule has 4 amide bonds. The fourth-order valence-corrected chi connectivity index (χ4v) is 5.03. The number of hydrogen-bond acceptors (Lipinski definition) is 5. The summed E-state index contributed by atoms with van der Waals surface area (Å²) >= 11 is 0. The number of carbonyl (C=O) groups excluding carboxylic acids is 3. The number of hydrogen-bond donors (Lipinski definition) is 2. The molecule has 8 heteroatoms. The van der Waals surface area contributed by atoms with Crippen LogP contribution in [0, 0.1) is 6.92 Å². The van der Waals surface area contributed by atoms with Crippen molar-refractivity contribution in [2.75, 3.05) is 13.1 Å². The predicted octanol–water partition coefficient (Wildman–Crippen LogP) is 3.21. The monoisotopic (exact) mass is 472 g/mol. The van der Waals surface area contributed by atoms with E-state index in [-0.39, 0.29) is 12.5 Å². The zero-order chi connectivity index (χ0) is 24.6. The standard InChI is InChI=1S/C27H28N4O4/c1-17-14-18(21-6-3-4-7-22(21)28-17)16-35-20-10-8-19(9-11-20)27(2)12-5-13-31(25(27)33)15-23-24(32)30-26(34)29-23/h3-4,6-11,14,23H,5,12-13,15-16H2,1-2H3,(H2,29,30,32,34). The van der Waals surface area contributed by atoms with Crippen molar-refractivity contribution >= 4 is 28.7 Å². The first-order valence-electron chi connectivity index (χ1n) is 11.8. The SMILES string of the molecule is Cc1cc(COc2ccc(C3(C)CCCN(CC4NC(=O)NC4=O)C3=O)cc2)c2ccccc2n1. The van der Waals surface area contributed by atoms with Crippen LogP contribution in [0.1, 0.15) is 36.6 Å². The van der Waals surface area contributed by atoms with Gasteiger partial charge in [0.15, 0.2) is 0 Å². The zero-order valence-electron chi connectivity index (χ0n) is 19.8. The average Bonchev–Trinajstić information content (AvgIpc) is 3.17. The Morgan fingerprint density at radius 1 is 1.11 bits per heavy atom. The van der Waals surface area contributed by atoms with Crippen LogP contribution in [0.3, 0.4) is 0 Å². The smallest absolute Gasteiger partial charge is 0.322 e. The lowest BCUT2D eigenvalue weighted by molar-refractivity contribution is -0.140. The molecule has 0 aliphatic carbocycles. The number of para-hydroxylation sites is 1. The van der Waals surface area contributed by atoms with Gasteiger partial charge in [-0.3, -0.25) is 19.9 Å². The Morgan fingerprint density at radius 2 is 1.89 bits per heavy atom. The number of nitrogens with zero attached hydrogens (tertiary/aromatic N) is 2. The van der Waals surface area contributed by atoms with Crippen LogP contribution in [0.2, 0.25) is 0 Å². The molecule has 5 rings (SSSR count). The number of benzene rings is 2. The summed E-state index contributed by atoms with van der Waals surface area (Å²) in [4.78, 5) is 43.1. The minimum absolute atomic E-state index is 0.0369. The van der Waals surface area contributed by atoms with Crippen LogP contribution in [0.25, 0.3) is 10.9 Å². The van der Waals surface area contributed by atoms with Gasteiger partial charge in [0.05, 0.1) is 10.9 Å². The number of urea groups is 1. The van der Waals surface area contributed by atoms with Gasteiger partial charge < -0.3 is 15.0 Å². The van der Waals surface area contributed by atoms with Crippen LogP contribution >= 0.6 is 0 Å². The number of likely N-dealkylation sites (tertiary alicyclic amines) is 1. The summed E-state index contributed by atoms with van der Waals surface area (Å²) in [6.07, 6.45) is 1.53. The Hall–Kier alpha value is -3.94. The number of aromatic nitrogens is 1. The maximum absolute atomic E-state index is 13.4. The van der Waals surface area contributed by atoms with Crippen molar-refractivity contribution in [2.24, 2.45) is 0 Å². The third-order valence-corrected chi connectivity index (χ3v) is 6.94. The summed E-state index contributed by atoms with van der Waals surface area (Å²) in [5, 5.41) is 5.87. The summed E-state index contributed by atoms with van der Waals surface area (Å²) in [5.74, 6) is 0.292. The molecular weight excluding hydrogens is 444 g/mol. The van der Waals surface area contributed by atoms with Gasteiger partial charge in [0.1, 0.15) is 18.4 Å². The molecule has 0 radical (unpaired) electrons. The summed E-state index contributed by atoms with van der Waals surface area (Å²) in [6.45, 7) is 5.07. The van der Waals surface area contributed by atoms with E-state index in [1.165, 1.54) is 0 Å². The van der Waals surface area contributed by atoms with Crippen LogP contribution in [0.5, 0.6) is 5.75 Å². The second kappa shape index (κ2) is 9.02. The highest BCUT2D eigenvalue weighted by Crippen LogP contribution is 2.36. The van der Waals surface area contributed by atoms with Gasteiger partial charge in [0.2, 0.25) is 5.91 Å². The Morgan fingerprint density at radius 3 is 2.63 bits per heavy atom. The molecule has 1 aromatic heterocycles. The topological polar surface area (TPSA) is 101 Å². The molecular formula is C27H28N4O4. The van der Waals surface area contributed by atoms with Gasteiger partial charge in [-0.25, -0.2) is 4.79 Å². The number of carbonyl (C=O) groups is 3. The van der Waals surface area contributed by atoms with Gasteiger partial charge >= 0.3 is 6.03 Å². The van der Waals surface area contributed by atoms with Crippen molar-refractivity contribution in [3.05, 3.63) is 71.4 Å². The molecule has 2 unspecified atom stereocenters. The number of nitrogens with one attached hydrogen (secondary N) is 2.